The lowest BCUT2D eigenvalue weighted by atomic mass is 9.97. The summed E-state index contributed by atoms with van der Waals surface area (Å²) in [6.45, 7) is 0. The molecule has 0 aliphatic rings. The lowest BCUT2D eigenvalue weighted by Crippen LogP contribution is -2.19. The third kappa shape index (κ3) is 8.48. The lowest BCUT2D eigenvalue weighted by Gasteiger charge is -2.36. The fourth-order valence-corrected chi connectivity index (χ4v) is 10.1. The molecule has 0 heterocycles. The Hall–Kier alpha value is -9.64. The topological polar surface area (TPSA) is 13.0 Å². The Morgan fingerprint density at radius 1 is 0.181 bits per heavy atom. The average Bonchev–Trinajstić information content (AvgIpc) is 3.46. The van der Waals surface area contributed by atoms with Crippen molar-refractivity contribution in [2.24, 2.45) is 0 Å². The Morgan fingerprint density at radius 2 is 0.472 bits per heavy atom. The Kier molecular flexibility index (Phi) is 12.0. The fourth-order valence-electron chi connectivity index (χ4n) is 10.1. The van der Waals surface area contributed by atoms with Crippen LogP contribution in [0.25, 0.3) is 32.7 Å². The molecule has 0 spiro atoms. The maximum Gasteiger partial charge on any atom is 0.0781 e. The zero-order valence-electron chi connectivity index (χ0n) is 39.7. The molecule has 0 unspecified atom stereocenters. The van der Waals surface area contributed by atoms with Crippen molar-refractivity contribution in [3.05, 3.63) is 303 Å². The summed E-state index contributed by atoms with van der Waals surface area (Å²) in [6, 6.07) is 109. The Labute approximate surface area is 421 Å². The van der Waals surface area contributed by atoms with Gasteiger partial charge in [-0.1, -0.05) is 188 Å². The number of nitrogens with zero attached hydrogens (tertiary/aromatic N) is 4. The highest BCUT2D eigenvalue weighted by Gasteiger charge is 2.28. The van der Waals surface area contributed by atoms with E-state index in [2.05, 4.69) is 323 Å². The summed E-state index contributed by atoms with van der Waals surface area (Å²) in [6.07, 6.45) is 0. The Morgan fingerprint density at radius 3 is 0.903 bits per heavy atom. The van der Waals surface area contributed by atoms with Crippen LogP contribution in [0.4, 0.5) is 68.2 Å². The van der Waals surface area contributed by atoms with E-state index in [1.807, 2.05) is 0 Å². The van der Waals surface area contributed by atoms with Crippen LogP contribution in [-0.4, -0.2) is 0 Å². The van der Waals surface area contributed by atoms with E-state index in [1.54, 1.807) is 0 Å². The third-order valence-electron chi connectivity index (χ3n) is 13.4. The molecular formula is C68H50N4. The van der Waals surface area contributed by atoms with Crippen molar-refractivity contribution in [1.82, 2.24) is 0 Å². The van der Waals surface area contributed by atoms with Crippen molar-refractivity contribution in [3.63, 3.8) is 0 Å². The van der Waals surface area contributed by atoms with Crippen LogP contribution in [0.2, 0.25) is 0 Å². The molecule has 4 heteroatoms. The molecule has 0 saturated carbocycles. The number of hydrogen-bond acceptors (Lipinski definition) is 4. The normalized spacial score (nSPS) is 11.1. The van der Waals surface area contributed by atoms with Gasteiger partial charge < -0.3 is 19.6 Å². The van der Waals surface area contributed by atoms with Crippen LogP contribution < -0.4 is 19.6 Å². The molecule has 12 aromatic carbocycles. The van der Waals surface area contributed by atoms with Gasteiger partial charge in [0, 0.05) is 61.8 Å². The van der Waals surface area contributed by atoms with E-state index in [9.17, 15) is 0 Å². The molecule has 0 bridgehead atoms. The fraction of sp³-hybridized carbons (Fsp3) is 0. The second kappa shape index (κ2) is 19.8. The van der Waals surface area contributed by atoms with Crippen molar-refractivity contribution in [3.8, 4) is 11.1 Å². The first-order valence-electron chi connectivity index (χ1n) is 24.5. The van der Waals surface area contributed by atoms with E-state index < -0.39 is 0 Å². The van der Waals surface area contributed by atoms with Gasteiger partial charge in [-0.3, -0.25) is 0 Å². The molecule has 4 nitrogen and oxygen atoms in total. The summed E-state index contributed by atoms with van der Waals surface area (Å²) in [5.41, 5.74) is 15.0. The van der Waals surface area contributed by atoms with E-state index in [-0.39, 0.29) is 0 Å². The van der Waals surface area contributed by atoms with Crippen LogP contribution in [0.1, 0.15) is 0 Å². The Balaban J connectivity index is 1.11. The average molecular weight is 923 g/mol. The van der Waals surface area contributed by atoms with Gasteiger partial charge in [0.2, 0.25) is 0 Å². The number of benzene rings is 12. The maximum absolute atomic E-state index is 2.48. The van der Waals surface area contributed by atoms with Gasteiger partial charge in [-0.15, -0.1) is 0 Å². The van der Waals surface area contributed by atoms with Gasteiger partial charge in [0.05, 0.1) is 22.7 Å². The molecule has 0 saturated heterocycles. The van der Waals surface area contributed by atoms with Gasteiger partial charge in [-0.25, -0.2) is 0 Å². The van der Waals surface area contributed by atoms with Crippen LogP contribution in [0.5, 0.6) is 0 Å². The molecule has 0 aliphatic carbocycles. The molecule has 0 aliphatic heterocycles. The van der Waals surface area contributed by atoms with Crippen molar-refractivity contribution in [1.29, 1.82) is 0 Å². The number of fused-ring (bicyclic) bond motifs is 2. The van der Waals surface area contributed by atoms with Crippen LogP contribution in [0.15, 0.2) is 303 Å². The van der Waals surface area contributed by atoms with Gasteiger partial charge in [0.25, 0.3) is 0 Å². The highest BCUT2D eigenvalue weighted by Crippen LogP contribution is 2.53. The summed E-state index contributed by atoms with van der Waals surface area (Å²) in [5.74, 6) is 0. The first-order chi connectivity index (χ1) is 35.8. The zero-order valence-corrected chi connectivity index (χ0v) is 39.7. The highest BCUT2D eigenvalue weighted by atomic mass is 15.2. The summed E-state index contributed by atoms with van der Waals surface area (Å²) >= 11 is 0. The second-order valence-corrected chi connectivity index (χ2v) is 17.8. The first kappa shape index (κ1) is 43.6. The minimum atomic E-state index is 1.02. The zero-order chi connectivity index (χ0) is 48.1. The maximum atomic E-state index is 2.48. The van der Waals surface area contributed by atoms with Crippen molar-refractivity contribution in [2.45, 2.75) is 0 Å². The first-order valence-corrected chi connectivity index (χ1v) is 24.5. The predicted molar refractivity (Wildman–Crippen MR) is 306 cm³/mol. The van der Waals surface area contributed by atoms with Crippen LogP contribution in [0, 0.1) is 0 Å². The molecule has 0 radical (unpaired) electrons. The molecular weight excluding hydrogens is 873 g/mol. The van der Waals surface area contributed by atoms with Gasteiger partial charge in [-0.2, -0.15) is 0 Å². The summed E-state index contributed by atoms with van der Waals surface area (Å²) < 4.78 is 0. The molecule has 12 aromatic rings. The van der Waals surface area contributed by atoms with E-state index >= 15 is 0 Å². The molecule has 0 aromatic heterocycles. The quantitative estimate of drug-likeness (QED) is 0.114. The van der Waals surface area contributed by atoms with Gasteiger partial charge in [0.15, 0.2) is 0 Å². The number of para-hydroxylation sites is 5. The molecule has 72 heavy (non-hydrogen) atoms. The van der Waals surface area contributed by atoms with Gasteiger partial charge >= 0.3 is 0 Å². The molecule has 0 N–H and O–H groups in total. The smallest absolute Gasteiger partial charge is 0.0781 e. The largest absolute Gasteiger partial charge is 0.311 e. The Bertz CT molecular complexity index is 3650. The van der Waals surface area contributed by atoms with Crippen molar-refractivity contribution >= 4 is 89.8 Å². The monoisotopic (exact) mass is 922 g/mol. The van der Waals surface area contributed by atoms with E-state index in [4.69, 9.17) is 0 Å². The van der Waals surface area contributed by atoms with Crippen LogP contribution >= 0.6 is 0 Å². The van der Waals surface area contributed by atoms with Gasteiger partial charge in [-0.05, 0) is 132 Å². The van der Waals surface area contributed by atoms with Crippen molar-refractivity contribution in [2.75, 3.05) is 19.6 Å². The van der Waals surface area contributed by atoms with Crippen LogP contribution in [0.3, 0.4) is 0 Å². The third-order valence-corrected chi connectivity index (χ3v) is 13.4. The number of rotatable bonds is 13. The van der Waals surface area contributed by atoms with Gasteiger partial charge in [0.1, 0.15) is 0 Å². The number of anilines is 12. The van der Waals surface area contributed by atoms with E-state index in [0.29, 0.717) is 0 Å². The molecule has 12 rings (SSSR count). The minimum Gasteiger partial charge on any atom is -0.311 e. The molecule has 0 atom stereocenters. The molecule has 0 fully saturated rings. The van der Waals surface area contributed by atoms with E-state index in [0.717, 1.165) is 95.5 Å². The van der Waals surface area contributed by atoms with Crippen molar-refractivity contribution < 1.29 is 0 Å². The summed E-state index contributed by atoms with van der Waals surface area (Å²) in [4.78, 5) is 9.58. The summed E-state index contributed by atoms with van der Waals surface area (Å²) in [5, 5.41) is 4.63. The molecule has 342 valence electrons. The minimum absolute atomic E-state index is 1.02. The second-order valence-electron chi connectivity index (χ2n) is 17.8. The van der Waals surface area contributed by atoms with E-state index in [1.165, 1.54) is 5.39 Å². The standard InChI is InChI=1S/C68H50N4/c1-6-23-53(24-7-1)64-39-22-42-67(71(65-40-20-27-51-25-16-18-37-62(51)65)60-47-43-58(44-48-60)69(54-29-8-2-9-30-54)55-31-10-3-11-32-55)68(64)72(66-41-21-28-52-26-17-19-38-63(52)66)61-49-45-59(46-50-61)70(56-33-12-4-13-34-56)57-35-14-5-15-36-57/h1-50H. The SMILES string of the molecule is c1ccc(-c2cccc(N(c3ccc(N(c4ccccc4)c4ccccc4)cc3)c3cccc4ccccc34)c2N(c2ccc(N(c3ccccc3)c3ccccc3)cc2)c2cccc3ccccc23)cc1. The number of hydrogen-bond donors (Lipinski definition) is 0. The lowest BCUT2D eigenvalue weighted by molar-refractivity contribution is 1.23. The van der Waals surface area contributed by atoms with Crippen LogP contribution in [-0.2, 0) is 0 Å². The predicted octanol–water partition coefficient (Wildman–Crippen LogP) is 19.5. The highest BCUT2D eigenvalue weighted by molar-refractivity contribution is 6.08. The molecule has 0 amide bonds. The summed E-state index contributed by atoms with van der Waals surface area (Å²) in [7, 11) is 0.